The van der Waals surface area contributed by atoms with Crippen LogP contribution in [-0.4, -0.2) is 50.5 Å². The number of carbonyl (C=O) groups excluding carboxylic acids is 2. The predicted molar refractivity (Wildman–Crippen MR) is 140 cm³/mol. The van der Waals surface area contributed by atoms with E-state index in [-0.39, 0.29) is 31.3 Å². The van der Waals surface area contributed by atoms with Crippen LogP contribution in [0.5, 0.6) is 0 Å². The standard InChI is InChI=1S/C25H34BrN3O4S/c1-19(2)17-27-25(31)20(3)28(18-21-10-8-11-22(26)16-21)24(30)14-9-15-29(34(4,32)33)23-12-6-5-7-13-23/h5-8,10-13,16,19-20H,9,14-15,17-18H2,1-4H3,(H,27,31)/t20-/m0/s1. The molecule has 2 aromatic rings. The van der Waals surface area contributed by atoms with Gasteiger partial charge in [-0.3, -0.25) is 13.9 Å². The molecule has 9 heteroatoms. The van der Waals surface area contributed by atoms with Gasteiger partial charge in [0.15, 0.2) is 0 Å². The molecule has 0 aromatic heterocycles. The topological polar surface area (TPSA) is 86.8 Å². The summed E-state index contributed by atoms with van der Waals surface area (Å²) in [7, 11) is -3.50. The summed E-state index contributed by atoms with van der Waals surface area (Å²) in [5.41, 5.74) is 1.46. The highest BCUT2D eigenvalue weighted by molar-refractivity contribution is 9.10. The molecule has 186 valence electrons. The van der Waals surface area contributed by atoms with Gasteiger partial charge in [0.2, 0.25) is 21.8 Å². The normalized spacial score (nSPS) is 12.3. The van der Waals surface area contributed by atoms with E-state index in [9.17, 15) is 18.0 Å². The molecule has 0 aliphatic heterocycles. The lowest BCUT2D eigenvalue weighted by Crippen LogP contribution is -2.48. The first kappa shape index (κ1) is 27.9. The van der Waals surface area contributed by atoms with E-state index < -0.39 is 16.1 Å². The number of para-hydroxylation sites is 1. The van der Waals surface area contributed by atoms with Crippen molar-refractivity contribution >= 4 is 43.5 Å². The lowest BCUT2D eigenvalue weighted by Gasteiger charge is -2.29. The quantitative estimate of drug-likeness (QED) is 0.428. The highest BCUT2D eigenvalue weighted by atomic mass is 79.9. The molecule has 0 spiro atoms. The SMILES string of the molecule is CC(C)CNC(=O)[C@H](C)N(Cc1cccc(Br)c1)C(=O)CCCN(c1ccccc1)S(C)(=O)=O. The molecule has 1 N–H and O–H groups in total. The molecule has 0 unspecified atom stereocenters. The van der Waals surface area contributed by atoms with Crippen molar-refractivity contribution in [3.05, 3.63) is 64.6 Å². The molecular formula is C25H34BrN3O4S. The van der Waals surface area contributed by atoms with Gasteiger partial charge in [0.1, 0.15) is 6.04 Å². The van der Waals surface area contributed by atoms with Gasteiger partial charge in [-0.25, -0.2) is 8.42 Å². The first-order valence-corrected chi connectivity index (χ1v) is 14.0. The van der Waals surface area contributed by atoms with Crippen molar-refractivity contribution in [2.24, 2.45) is 5.92 Å². The number of hydrogen-bond donors (Lipinski definition) is 1. The minimum Gasteiger partial charge on any atom is -0.354 e. The Kier molecular flexibility index (Phi) is 10.6. The molecule has 0 bridgehead atoms. The molecular weight excluding hydrogens is 518 g/mol. The van der Waals surface area contributed by atoms with E-state index in [0.717, 1.165) is 16.3 Å². The van der Waals surface area contributed by atoms with Gasteiger partial charge in [-0.1, -0.05) is 60.1 Å². The van der Waals surface area contributed by atoms with Gasteiger partial charge < -0.3 is 10.2 Å². The fourth-order valence-corrected chi connectivity index (χ4v) is 4.88. The van der Waals surface area contributed by atoms with Gasteiger partial charge >= 0.3 is 0 Å². The van der Waals surface area contributed by atoms with Crippen LogP contribution in [0.1, 0.15) is 39.2 Å². The molecule has 0 radical (unpaired) electrons. The zero-order valence-corrected chi connectivity index (χ0v) is 22.6. The van der Waals surface area contributed by atoms with Crippen LogP contribution >= 0.6 is 15.9 Å². The zero-order valence-electron chi connectivity index (χ0n) is 20.2. The van der Waals surface area contributed by atoms with E-state index in [2.05, 4.69) is 21.2 Å². The first-order valence-electron chi connectivity index (χ1n) is 11.3. The number of rotatable bonds is 12. The van der Waals surface area contributed by atoms with Crippen LogP contribution in [0.2, 0.25) is 0 Å². The lowest BCUT2D eigenvalue weighted by molar-refractivity contribution is -0.140. The Morgan fingerprint density at radius 1 is 1.03 bits per heavy atom. The summed E-state index contributed by atoms with van der Waals surface area (Å²) < 4.78 is 26.8. The Morgan fingerprint density at radius 3 is 2.29 bits per heavy atom. The minimum atomic E-state index is -3.50. The van der Waals surface area contributed by atoms with Crippen molar-refractivity contribution in [1.29, 1.82) is 0 Å². The number of benzene rings is 2. The monoisotopic (exact) mass is 551 g/mol. The number of amides is 2. The highest BCUT2D eigenvalue weighted by Gasteiger charge is 2.26. The van der Waals surface area contributed by atoms with E-state index in [1.54, 1.807) is 36.1 Å². The summed E-state index contributed by atoms with van der Waals surface area (Å²) in [6.45, 7) is 6.72. The smallest absolute Gasteiger partial charge is 0.242 e. The van der Waals surface area contributed by atoms with E-state index >= 15 is 0 Å². The van der Waals surface area contributed by atoms with Crippen molar-refractivity contribution in [3.8, 4) is 0 Å². The van der Waals surface area contributed by atoms with Gasteiger partial charge in [0.25, 0.3) is 0 Å². The molecule has 0 saturated heterocycles. The maximum absolute atomic E-state index is 13.3. The summed E-state index contributed by atoms with van der Waals surface area (Å²) in [5.74, 6) is -0.113. The van der Waals surface area contributed by atoms with E-state index in [1.165, 1.54) is 4.31 Å². The molecule has 2 rings (SSSR count). The third-order valence-electron chi connectivity index (χ3n) is 5.29. The number of carbonyl (C=O) groups is 2. The summed E-state index contributed by atoms with van der Waals surface area (Å²) in [6.07, 6.45) is 1.60. The fraction of sp³-hybridized carbons (Fsp3) is 0.440. The maximum atomic E-state index is 13.3. The molecule has 0 aliphatic carbocycles. The number of nitrogens with one attached hydrogen (secondary N) is 1. The second-order valence-corrected chi connectivity index (χ2v) is 11.6. The predicted octanol–water partition coefficient (Wildman–Crippen LogP) is 4.18. The van der Waals surface area contributed by atoms with Crippen LogP contribution in [0.25, 0.3) is 0 Å². The number of anilines is 1. The van der Waals surface area contributed by atoms with Gasteiger partial charge in [0, 0.05) is 30.5 Å². The number of hydrogen-bond acceptors (Lipinski definition) is 4. The van der Waals surface area contributed by atoms with Crippen molar-refractivity contribution < 1.29 is 18.0 Å². The van der Waals surface area contributed by atoms with Gasteiger partial charge in [-0.15, -0.1) is 0 Å². The molecule has 0 aliphatic rings. The van der Waals surface area contributed by atoms with Crippen LogP contribution < -0.4 is 9.62 Å². The summed E-state index contributed by atoms with van der Waals surface area (Å²) in [5, 5.41) is 2.90. The van der Waals surface area contributed by atoms with Crippen molar-refractivity contribution in [2.75, 3.05) is 23.7 Å². The third-order valence-corrected chi connectivity index (χ3v) is 6.98. The summed E-state index contributed by atoms with van der Waals surface area (Å²) in [6, 6.07) is 15.8. The Morgan fingerprint density at radius 2 is 1.71 bits per heavy atom. The van der Waals surface area contributed by atoms with Crippen LogP contribution in [0.3, 0.4) is 0 Å². The van der Waals surface area contributed by atoms with E-state index in [4.69, 9.17) is 0 Å². The molecule has 2 amide bonds. The Hall–Kier alpha value is -2.39. The third kappa shape index (κ3) is 8.76. The Balaban J connectivity index is 2.14. The van der Waals surface area contributed by atoms with Crippen LogP contribution in [-0.2, 0) is 26.2 Å². The zero-order chi connectivity index (χ0) is 25.3. The molecule has 2 aromatic carbocycles. The molecule has 7 nitrogen and oxygen atoms in total. The molecule has 0 heterocycles. The van der Waals surface area contributed by atoms with Gasteiger partial charge in [0.05, 0.1) is 11.9 Å². The van der Waals surface area contributed by atoms with E-state index in [1.807, 2.05) is 44.2 Å². The highest BCUT2D eigenvalue weighted by Crippen LogP contribution is 2.19. The van der Waals surface area contributed by atoms with Crippen LogP contribution in [0.15, 0.2) is 59.1 Å². The van der Waals surface area contributed by atoms with Crippen LogP contribution in [0, 0.1) is 5.92 Å². The Bertz CT molecular complexity index is 1060. The number of sulfonamides is 1. The lowest BCUT2D eigenvalue weighted by atomic mass is 10.1. The Labute approximate surface area is 211 Å². The molecule has 0 saturated carbocycles. The molecule has 1 atom stereocenters. The minimum absolute atomic E-state index is 0.120. The first-order chi connectivity index (χ1) is 16.0. The largest absolute Gasteiger partial charge is 0.354 e. The van der Waals surface area contributed by atoms with Crippen molar-refractivity contribution in [1.82, 2.24) is 10.2 Å². The van der Waals surface area contributed by atoms with Gasteiger partial charge in [-0.05, 0) is 49.1 Å². The number of halogens is 1. The van der Waals surface area contributed by atoms with E-state index in [0.29, 0.717) is 24.6 Å². The summed E-state index contributed by atoms with van der Waals surface area (Å²) >= 11 is 3.45. The molecule has 34 heavy (non-hydrogen) atoms. The number of nitrogens with zero attached hydrogens (tertiary/aromatic N) is 2. The second-order valence-electron chi connectivity index (χ2n) is 8.74. The summed E-state index contributed by atoms with van der Waals surface area (Å²) in [4.78, 5) is 27.6. The average molecular weight is 553 g/mol. The fourth-order valence-electron chi connectivity index (χ4n) is 3.47. The molecule has 0 fully saturated rings. The van der Waals surface area contributed by atoms with Gasteiger partial charge in [-0.2, -0.15) is 0 Å². The average Bonchev–Trinajstić information content (AvgIpc) is 2.77. The van der Waals surface area contributed by atoms with Crippen molar-refractivity contribution in [2.45, 2.75) is 46.2 Å². The second kappa shape index (κ2) is 12.9. The van der Waals surface area contributed by atoms with Crippen LogP contribution in [0.4, 0.5) is 5.69 Å². The van der Waals surface area contributed by atoms with Crippen molar-refractivity contribution in [3.63, 3.8) is 0 Å². The maximum Gasteiger partial charge on any atom is 0.242 e.